The van der Waals surface area contributed by atoms with Crippen molar-refractivity contribution in [3.63, 3.8) is 0 Å². The van der Waals surface area contributed by atoms with Gasteiger partial charge in [-0.15, -0.1) is 0 Å². The summed E-state index contributed by atoms with van der Waals surface area (Å²) in [6, 6.07) is 0. The maximum absolute atomic E-state index is 3.27. The van der Waals surface area contributed by atoms with Crippen LogP contribution < -0.4 is 0 Å². The number of hydrogen-bond acceptors (Lipinski definition) is 3. The molecule has 3 nitrogen and oxygen atoms in total. The molecular formula is C19H39HfN3. The minimum absolute atomic E-state index is 0.200. The summed E-state index contributed by atoms with van der Waals surface area (Å²) in [6.07, 6.45) is 10.9. The molecule has 0 N–H and O–H groups in total. The molecule has 0 amide bonds. The van der Waals surface area contributed by atoms with E-state index in [2.05, 4.69) is 95.7 Å². The summed E-state index contributed by atoms with van der Waals surface area (Å²) < 4.78 is 8.43. The molecule has 4 heteroatoms. The Kier molecular flexibility index (Phi) is 7.47. The third kappa shape index (κ3) is 3.91. The van der Waals surface area contributed by atoms with Crippen molar-refractivity contribution in [2.75, 3.05) is 40.8 Å². The summed E-state index contributed by atoms with van der Waals surface area (Å²) >= 11 is -3.27. The minimum atomic E-state index is -3.27. The van der Waals surface area contributed by atoms with E-state index in [0.29, 0.717) is 5.41 Å². The van der Waals surface area contributed by atoms with Gasteiger partial charge >= 0.3 is 151 Å². The summed E-state index contributed by atoms with van der Waals surface area (Å²) in [5.74, 6) is 0. The Labute approximate surface area is 150 Å². The second-order valence-electron chi connectivity index (χ2n) is 8.17. The van der Waals surface area contributed by atoms with Crippen LogP contribution in [0.3, 0.4) is 0 Å². The number of hydrogen-bond donors (Lipinski definition) is 0. The van der Waals surface area contributed by atoms with Gasteiger partial charge in [0.2, 0.25) is 0 Å². The first-order chi connectivity index (χ1) is 10.6. The zero-order valence-corrected chi connectivity index (χ0v) is 20.6. The molecule has 0 atom stereocenters. The Bertz CT molecular complexity index is 398. The van der Waals surface area contributed by atoms with Crippen LogP contribution in [0.2, 0.25) is 3.17 Å². The Hall–Kier alpha value is 0.230. The Morgan fingerprint density at radius 1 is 0.783 bits per heavy atom. The Balaban J connectivity index is 3.63. The third-order valence-electron chi connectivity index (χ3n) is 5.37. The third-order valence-corrected chi connectivity index (χ3v) is 26.6. The topological polar surface area (TPSA) is 9.72 Å². The normalized spacial score (nSPS) is 17.9. The molecule has 0 saturated heterocycles. The van der Waals surface area contributed by atoms with Gasteiger partial charge in [0.05, 0.1) is 0 Å². The first-order valence-corrected chi connectivity index (χ1v) is 15.7. The van der Waals surface area contributed by atoms with Crippen LogP contribution in [0.1, 0.15) is 48.0 Å². The SMILES string of the molecule is CC[N](C)[Hf]([N](C)CC)([N](C)CC)[C]1(CC(C)(C)C)C=CC=C1. The van der Waals surface area contributed by atoms with Crippen LogP contribution in [-0.4, -0.2) is 49.4 Å². The second-order valence-corrected chi connectivity index (χ2v) is 24.3. The maximum atomic E-state index is 2.74. The molecule has 0 bridgehead atoms. The van der Waals surface area contributed by atoms with E-state index in [1.165, 1.54) is 6.42 Å². The van der Waals surface area contributed by atoms with Crippen LogP contribution in [0.25, 0.3) is 0 Å². The molecule has 0 aromatic rings. The van der Waals surface area contributed by atoms with Crippen LogP contribution >= 0.6 is 0 Å². The van der Waals surface area contributed by atoms with E-state index in [0.717, 1.165) is 19.6 Å². The first-order valence-electron chi connectivity index (χ1n) is 9.12. The van der Waals surface area contributed by atoms with Gasteiger partial charge in [-0.05, 0) is 0 Å². The molecule has 0 spiro atoms. The van der Waals surface area contributed by atoms with Crippen molar-refractivity contribution in [3.05, 3.63) is 24.3 Å². The van der Waals surface area contributed by atoms with Crippen LogP contribution in [0.5, 0.6) is 0 Å². The second kappa shape index (κ2) is 8.07. The van der Waals surface area contributed by atoms with Gasteiger partial charge in [-0.25, -0.2) is 0 Å². The Morgan fingerprint density at radius 2 is 1.13 bits per heavy atom. The summed E-state index contributed by atoms with van der Waals surface area (Å²) in [6.45, 7) is 17.4. The van der Waals surface area contributed by atoms with Crippen molar-refractivity contribution in [2.24, 2.45) is 5.41 Å². The molecule has 1 rings (SSSR count). The van der Waals surface area contributed by atoms with Crippen molar-refractivity contribution >= 4 is 0 Å². The summed E-state index contributed by atoms with van der Waals surface area (Å²) in [5.41, 5.74) is 0.308. The molecule has 0 aromatic heterocycles. The van der Waals surface area contributed by atoms with Crippen LogP contribution in [-0.2, 0) is 20.8 Å². The number of nitrogens with zero attached hydrogens (tertiary/aromatic N) is 3. The Morgan fingerprint density at radius 3 is 1.39 bits per heavy atom. The average Bonchev–Trinajstić information content (AvgIpc) is 2.94. The molecule has 0 aliphatic heterocycles. The van der Waals surface area contributed by atoms with E-state index < -0.39 is 20.8 Å². The fourth-order valence-electron chi connectivity index (χ4n) is 4.45. The molecule has 23 heavy (non-hydrogen) atoms. The van der Waals surface area contributed by atoms with Crippen molar-refractivity contribution < 1.29 is 20.8 Å². The molecule has 134 valence electrons. The van der Waals surface area contributed by atoms with Gasteiger partial charge in [0.15, 0.2) is 0 Å². The van der Waals surface area contributed by atoms with Crippen molar-refractivity contribution in [1.29, 1.82) is 0 Å². The van der Waals surface area contributed by atoms with Gasteiger partial charge in [-0.1, -0.05) is 0 Å². The van der Waals surface area contributed by atoms with Crippen molar-refractivity contribution in [1.82, 2.24) is 8.66 Å². The average molecular weight is 488 g/mol. The van der Waals surface area contributed by atoms with E-state index in [9.17, 15) is 0 Å². The van der Waals surface area contributed by atoms with Gasteiger partial charge < -0.3 is 0 Å². The predicted molar refractivity (Wildman–Crippen MR) is 100.0 cm³/mol. The fraction of sp³-hybridized carbons (Fsp3) is 0.789. The van der Waals surface area contributed by atoms with Crippen molar-refractivity contribution in [3.8, 4) is 0 Å². The summed E-state index contributed by atoms with van der Waals surface area (Å²) in [5, 5.41) is 0. The number of rotatable bonds is 8. The first kappa shape index (κ1) is 21.3. The zero-order valence-electron chi connectivity index (χ0n) is 17.0. The fourth-order valence-corrected chi connectivity index (χ4v) is 28.2. The van der Waals surface area contributed by atoms with Gasteiger partial charge in [0.25, 0.3) is 0 Å². The monoisotopic (exact) mass is 489 g/mol. The molecule has 0 unspecified atom stereocenters. The standard InChI is InChI=1S/C10H15.3C3H8N.Hf/c1-10(2,3)8-9-6-4-5-7-9;3*1-3-4-2;/h4-7H,8H2,1-3H3;3*3H2,1-2H3;/q;3*-1;+3. The molecule has 0 aromatic carbocycles. The molecule has 0 saturated carbocycles. The van der Waals surface area contributed by atoms with E-state index in [-0.39, 0.29) is 3.17 Å². The summed E-state index contributed by atoms with van der Waals surface area (Å²) in [4.78, 5) is 0. The molecular weight excluding hydrogens is 449 g/mol. The van der Waals surface area contributed by atoms with Gasteiger partial charge in [0, 0.05) is 0 Å². The molecule has 1 aliphatic carbocycles. The van der Waals surface area contributed by atoms with Gasteiger partial charge in [-0.2, -0.15) is 0 Å². The molecule has 0 radical (unpaired) electrons. The molecule has 0 heterocycles. The van der Waals surface area contributed by atoms with Gasteiger partial charge in [-0.3, -0.25) is 0 Å². The molecule has 1 aliphatic rings. The van der Waals surface area contributed by atoms with Crippen LogP contribution in [0, 0.1) is 5.41 Å². The molecule has 0 fully saturated rings. The van der Waals surface area contributed by atoms with Gasteiger partial charge in [0.1, 0.15) is 0 Å². The van der Waals surface area contributed by atoms with E-state index in [4.69, 9.17) is 0 Å². The zero-order chi connectivity index (χ0) is 17.9. The van der Waals surface area contributed by atoms with E-state index in [1.54, 1.807) is 0 Å². The van der Waals surface area contributed by atoms with Crippen molar-refractivity contribution in [2.45, 2.75) is 51.1 Å². The van der Waals surface area contributed by atoms with E-state index in [1.807, 2.05) is 0 Å². The quantitative estimate of drug-likeness (QED) is 0.468. The van der Waals surface area contributed by atoms with Crippen LogP contribution in [0.15, 0.2) is 24.3 Å². The number of allylic oxidation sites excluding steroid dienone is 4. The predicted octanol–water partition coefficient (Wildman–Crippen LogP) is 4.46. The van der Waals surface area contributed by atoms with E-state index >= 15 is 0 Å². The summed E-state index contributed by atoms with van der Waals surface area (Å²) in [7, 11) is 7.10. The van der Waals surface area contributed by atoms with Crippen LogP contribution in [0.4, 0.5) is 0 Å².